The first kappa shape index (κ1) is 24.3. The van der Waals surface area contributed by atoms with Gasteiger partial charge in [-0.15, -0.1) is 0 Å². The summed E-state index contributed by atoms with van der Waals surface area (Å²) in [6.45, 7) is 7.52. The third-order valence-electron chi connectivity index (χ3n) is 4.11. The molecular formula is C16H36N2O6P2. The Morgan fingerprint density at radius 3 is 1.50 bits per heavy atom. The predicted octanol–water partition coefficient (Wildman–Crippen LogP) is 4.62. The lowest BCUT2D eigenvalue weighted by Crippen LogP contribution is -2.47. The molecule has 0 heterocycles. The van der Waals surface area contributed by atoms with Crippen LogP contribution in [0.25, 0.3) is 0 Å². The molecule has 0 aromatic heterocycles. The summed E-state index contributed by atoms with van der Waals surface area (Å²) in [5.74, 6) is 0. The number of hydrogen-bond donors (Lipinski definition) is 2. The highest BCUT2D eigenvalue weighted by molar-refractivity contribution is 7.72. The molecule has 0 aromatic rings. The van der Waals surface area contributed by atoms with Gasteiger partial charge in [0.2, 0.25) is 5.52 Å². The fourth-order valence-corrected chi connectivity index (χ4v) is 7.83. The van der Waals surface area contributed by atoms with E-state index in [2.05, 4.69) is 10.9 Å². The highest BCUT2D eigenvalue weighted by Gasteiger charge is 2.51. The zero-order chi connectivity index (χ0) is 19.5. The van der Waals surface area contributed by atoms with Gasteiger partial charge in [-0.25, -0.2) is 5.43 Å². The van der Waals surface area contributed by atoms with Crippen LogP contribution in [0.15, 0.2) is 0 Å². The molecular weight excluding hydrogens is 378 g/mol. The molecule has 156 valence electrons. The smallest absolute Gasteiger partial charge is 0.307 e. The van der Waals surface area contributed by atoms with Gasteiger partial charge >= 0.3 is 15.2 Å². The second-order valence-electron chi connectivity index (χ2n) is 6.10. The Kier molecular flexibility index (Phi) is 11.8. The molecule has 0 atom stereocenters. The van der Waals surface area contributed by atoms with Crippen molar-refractivity contribution in [3.63, 3.8) is 0 Å². The molecule has 1 aliphatic rings. The van der Waals surface area contributed by atoms with Gasteiger partial charge in [0.05, 0.1) is 26.4 Å². The number of rotatable bonds is 13. The van der Waals surface area contributed by atoms with Crippen LogP contribution in [0.4, 0.5) is 0 Å². The van der Waals surface area contributed by atoms with E-state index in [1.807, 2.05) is 0 Å². The Morgan fingerprint density at radius 1 is 0.769 bits per heavy atom. The van der Waals surface area contributed by atoms with Gasteiger partial charge in [0.15, 0.2) is 0 Å². The van der Waals surface area contributed by atoms with E-state index >= 15 is 0 Å². The maximum Gasteiger partial charge on any atom is 0.361 e. The minimum Gasteiger partial charge on any atom is -0.307 e. The molecule has 0 unspecified atom stereocenters. The van der Waals surface area contributed by atoms with E-state index in [9.17, 15) is 9.13 Å². The van der Waals surface area contributed by atoms with Crippen LogP contribution >= 0.6 is 15.2 Å². The molecule has 0 aliphatic heterocycles. The predicted molar refractivity (Wildman–Crippen MR) is 103 cm³/mol. The second kappa shape index (κ2) is 12.6. The summed E-state index contributed by atoms with van der Waals surface area (Å²) in [6, 6.07) is 0.202. The molecule has 0 aromatic carbocycles. The molecule has 0 bridgehead atoms. The molecule has 1 fully saturated rings. The fraction of sp³-hybridized carbons (Fsp3) is 1.00. The largest absolute Gasteiger partial charge is 0.361 e. The van der Waals surface area contributed by atoms with E-state index < -0.39 is 20.7 Å². The van der Waals surface area contributed by atoms with Crippen molar-refractivity contribution < 1.29 is 27.2 Å². The van der Waals surface area contributed by atoms with E-state index in [0.29, 0.717) is 0 Å². The summed E-state index contributed by atoms with van der Waals surface area (Å²) >= 11 is 0. The van der Waals surface area contributed by atoms with Gasteiger partial charge in [0.25, 0.3) is 0 Å². The van der Waals surface area contributed by atoms with E-state index in [-0.39, 0.29) is 32.5 Å². The third-order valence-corrected chi connectivity index (χ3v) is 9.73. The van der Waals surface area contributed by atoms with Crippen LogP contribution in [-0.2, 0) is 27.2 Å². The van der Waals surface area contributed by atoms with Crippen molar-refractivity contribution in [2.24, 2.45) is 0 Å². The monoisotopic (exact) mass is 414 g/mol. The molecule has 8 nitrogen and oxygen atoms in total. The van der Waals surface area contributed by atoms with E-state index in [0.717, 1.165) is 25.7 Å². The topological polar surface area (TPSA) is 95.1 Å². The molecule has 0 radical (unpaired) electrons. The lowest BCUT2D eigenvalue weighted by molar-refractivity contribution is 0.185. The summed E-state index contributed by atoms with van der Waals surface area (Å²) in [6.07, 6.45) is 6.70. The fourth-order valence-electron chi connectivity index (χ4n) is 3.02. The Bertz CT molecular complexity index is 422. The number of hydrogen-bond acceptors (Lipinski definition) is 8. The van der Waals surface area contributed by atoms with Crippen LogP contribution in [-0.4, -0.2) is 38.0 Å². The zero-order valence-electron chi connectivity index (χ0n) is 16.6. The molecule has 0 spiro atoms. The summed E-state index contributed by atoms with van der Waals surface area (Å²) in [7, 11) is -7.55. The zero-order valence-corrected chi connectivity index (χ0v) is 18.4. The second-order valence-corrected chi connectivity index (χ2v) is 10.7. The maximum absolute atomic E-state index is 13.4. The van der Waals surface area contributed by atoms with Gasteiger partial charge in [-0.05, 0) is 40.5 Å². The molecule has 0 amide bonds. The maximum atomic E-state index is 13.4. The third kappa shape index (κ3) is 7.33. The Morgan fingerprint density at radius 2 is 1.15 bits per heavy atom. The molecule has 1 rings (SSSR count). The summed E-state index contributed by atoms with van der Waals surface area (Å²) in [5, 5.41) is 0. The first-order chi connectivity index (χ1) is 12.5. The van der Waals surface area contributed by atoms with Crippen molar-refractivity contribution in [3.05, 3.63) is 0 Å². The Balaban J connectivity index is 3.05. The van der Waals surface area contributed by atoms with Crippen LogP contribution in [0.1, 0.15) is 66.2 Å². The van der Waals surface area contributed by atoms with Crippen LogP contribution in [0.3, 0.4) is 0 Å². The van der Waals surface area contributed by atoms with Crippen LogP contribution in [0, 0.1) is 0 Å². The average molecular weight is 414 g/mol. The van der Waals surface area contributed by atoms with Gasteiger partial charge in [-0.1, -0.05) is 25.7 Å². The molecule has 10 heteroatoms. The SMILES string of the molecule is CCOP(=O)(OCC)C(NNC1CCCCCC1)P(=O)(OCC)OCC. The van der Waals surface area contributed by atoms with Crippen molar-refractivity contribution in [2.75, 3.05) is 26.4 Å². The van der Waals surface area contributed by atoms with Crippen LogP contribution < -0.4 is 10.9 Å². The Labute approximate surface area is 158 Å². The molecule has 1 aliphatic carbocycles. The van der Waals surface area contributed by atoms with Gasteiger partial charge in [-0.2, -0.15) is 0 Å². The lowest BCUT2D eigenvalue weighted by Gasteiger charge is -2.33. The minimum absolute atomic E-state index is 0.164. The molecule has 1 saturated carbocycles. The van der Waals surface area contributed by atoms with Crippen molar-refractivity contribution in [1.82, 2.24) is 10.9 Å². The highest BCUT2D eigenvalue weighted by atomic mass is 31.2. The molecule has 0 saturated heterocycles. The number of nitrogens with one attached hydrogen (secondary N) is 2. The lowest BCUT2D eigenvalue weighted by atomic mass is 10.1. The van der Waals surface area contributed by atoms with E-state index in [4.69, 9.17) is 18.1 Å². The van der Waals surface area contributed by atoms with Crippen LogP contribution in [0.2, 0.25) is 0 Å². The van der Waals surface area contributed by atoms with Gasteiger partial charge in [0, 0.05) is 6.04 Å². The average Bonchev–Trinajstić information content (AvgIpc) is 2.84. The first-order valence-corrected chi connectivity index (χ1v) is 13.0. The molecule has 2 N–H and O–H groups in total. The highest BCUT2D eigenvalue weighted by Crippen LogP contribution is 2.69. The van der Waals surface area contributed by atoms with Gasteiger partial charge < -0.3 is 18.1 Å². The molecule has 26 heavy (non-hydrogen) atoms. The van der Waals surface area contributed by atoms with Crippen molar-refractivity contribution in [2.45, 2.75) is 77.8 Å². The first-order valence-electron chi connectivity index (χ1n) is 9.74. The van der Waals surface area contributed by atoms with Crippen molar-refractivity contribution in [1.29, 1.82) is 0 Å². The summed E-state index contributed by atoms with van der Waals surface area (Å²) in [5.41, 5.74) is 4.93. The van der Waals surface area contributed by atoms with Crippen molar-refractivity contribution >= 4 is 15.2 Å². The van der Waals surface area contributed by atoms with Crippen molar-refractivity contribution in [3.8, 4) is 0 Å². The minimum atomic E-state index is -3.78. The summed E-state index contributed by atoms with van der Waals surface area (Å²) < 4.78 is 48.5. The quantitative estimate of drug-likeness (QED) is 0.256. The summed E-state index contributed by atoms with van der Waals surface area (Å²) in [4.78, 5) is 0. The number of hydrazine groups is 1. The van der Waals surface area contributed by atoms with Crippen LogP contribution in [0.5, 0.6) is 0 Å². The van der Waals surface area contributed by atoms with E-state index in [1.165, 1.54) is 12.8 Å². The van der Waals surface area contributed by atoms with Gasteiger partial charge in [-0.3, -0.25) is 14.6 Å². The normalized spacial score (nSPS) is 17.6. The standard InChI is InChI=1S/C16H36N2O6P2/c1-5-21-25(19,22-6-2)16(26(20,23-7-3)24-8-4)18-17-15-13-11-9-10-12-14-15/h15-18H,5-14H2,1-4H3. The van der Waals surface area contributed by atoms with E-state index in [1.54, 1.807) is 27.7 Å². The Hall–Kier alpha value is 0.220. The van der Waals surface area contributed by atoms with Gasteiger partial charge in [0.1, 0.15) is 0 Å².